The molecule has 0 aliphatic carbocycles. The Hall–Kier alpha value is -1.80. The van der Waals surface area contributed by atoms with Crippen LogP contribution < -0.4 is 10.2 Å². The summed E-state index contributed by atoms with van der Waals surface area (Å²) in [6.45, 7) is 8.34. The molecule has 2 aliphatic rings. The Morgan fingerprint density at radius 2 is 1.82 bits per heavy atom. The minimum Gasteiger partial charge on any atom is -0.378 e. The molecule has 3 rings (SSSR count). The highest BCUT2D eigenvalue weighted by Gasteiger charge is 2.32. The average molecular weight is 399 g/mol. The number of piperidine rings is 1. The van der Waals surface area contributed by atoms with Crippen LogP contribution in [0.5, 0.6) is 0 Å². The molecule has 2 atom stereocenters. The first-order valence-corrected chi connectivity index (χ1v) is 9.78. The fraction of sp³-hybridized carbons (Fsp3) is 0.650. The number of carbonyl (C=O) groups excluding carboxylic acids is 1. The number of alkyl halides is 3. The van der Waals surface area contributed by atoms with Crippen LogP contribution in [0.2, 0.25) is 0 Å². The zero-order chi connectivity index (χ0) is 20.3. The van der Waals surface area contributed by atoms with Gasteiger partial charge in [0.05, 0.1) is 36.7 Å². The van der Waals surface area contributed by atoms with Gasteiger partial charge in [-0.2, -0.15) is 13.2 Å². The number of benzene rings is 1. The molecule has 1 aromatic carbocycles. The van der Waals surface area contributed by atoms with Gasteiger partial charge in [0.2, 0.25) is 5.91 Å². The van der Waals surface area contributed by atoms with Crippen molar-refractivity contribution in [1.29, 1.82) is 0 Å². The molecule has 2 heterocycles. The number of morpholine rings is 1. The van der Waals surface area contributed by atoms with E-state index in [1.807, 2.05) is 4.90 Å². The highest BCUT2D eigenvalue weighted by Crippen LogP contribution is 2.35. The van der Waals surface area contributed by atoms with Crippen LogP contribution in [0.3, 0.4) is 0 Å². The van der Waals surface area contributed by atoms with E-state index in [0.717, 1.165) is 31.6 Å². The SMILES string of the molecule is CC1CC(C)CN(CC(=O)Nc2cc(C(F)(F)F)ccc2N2CCOCC2)C1. The maximum Gasteiger partial charge on any atom is 0.416 e. The van der Waals surface area contributed by atoms with Crippen molar-refractivity contribution < 1.29 is 22.7 Å². The Morgan fingerprint density at radius 1 is 1.18 bits per heavy atom. The number of carbonyl (C=O) groups is 1. The van der Waals surface area contributed by atoms with Crippen molar-refractivity contribution in [3.63, 3.8) is 0 Å². The van der Waals surface area contributed by atoms with Gasteiger partial charge in [-0.25, -0.2) is 0 Å². The standard InChI is InChI=1S/C20H28F3N3O2/c1-14-9-15(2)12-25(11-14)13-19(27)24-17-10-16(20(21,22)23)3-4-18(17)26-5-7-28-8-6-26/h3-4,10,14-15H,5-9,11-13H2,1-2H3,(H,24,27). The lowest BCUT2D eigenvalue weighted by Gasteiger charge is -2.34. The molecule has 1 aromatic rings. The minimum absolute atomic E-state index is 0.188. The molecule has 2 saturated heterocycles. The Labute approximate surface area is 163 Å². The zero-order valence-corrected chi connectivity index (χ0v) is 16.4. The molecule has 0 aromatic heterocycles. The van der Waals surface area contributed by atoms with Gasteiger partial charge in [-0.1, -0.05) is 13.8 Å². The third-order valence-corrected chi connectivity index (χ3v) is 5.26. The van der Waals surface area contributed by atoms with Crippen molar-refractivity contribution >= 4 is 17.3 Å². The summed E-state index contributed by atoms with van der Waals surface area (Å²) in [6.07, 6.45) is -3.33. The Bertz CT molecular complexity index is 680. The second-order valence-electron chi connectivity index (χ2n) is 8.02. The molecular weight excluding hydrogens is 371 g/mol. The maximum atomic E-state index is 13.2. The topological polar surface area (TPSA) is 44.8 Å². The highest BCUT2D eigenvalue weighted by molar-refractivity contribution is 5.95. The Kier molecular flexibility index (Phi) is 6.50. The van der Waals surface area contributed by atoms with Crippen LogP contribution in [0, 0.1) is 11.8 Å². The number of amides is 1. The van der Waals surface area contributed by atoms with E-state index in [1.54, 1.807) is 0 Å². The monoisotopic (exact) mass is 399 g/mol. The predicted octanol–water partition coefficient (Wildman–Crippen LogP) is 3.46. The third-order valence-electron chi connectivity index (χ3n) is 5.26. The molecule has 1 amide bonds. The minimum atomic E-state index is -4.46. The summed E-state index contributed by atoms with van der Waals surface area (Å²) in [5.74, 6) is 0.734. The Morgan fingerprint density at radius 3 is 2.43 bits per heavy atom. The summed E-state index contributed by atoms with van der Waals surface area (Å²) >= 11 is 0. The molecule has 2 fully saturated rings. The normalized spacial score (nSPS) is 24.2. The van der Waals surface area contributed by atoms with E-state index >= 15 is 0 Å². The first kappa shape index (κ1) is 20.9. The number of ether oxygens (including phenoxy) is 1. The second-order valence-corrected chi connectivity index (χ2v) is 8.02. The number of hydrogen-bond acceptors (Lipinski definition) is 4. The van der Waals surface area contributed by atoms with Gasteiger partial charge in [0, 0.05) is 26.2 Å². The molecule has 5 nitrogen and oxygen atoms in total. The van der Waals surface area contributed by atoms with Crippen LogP contribution in [0.15, 0.2) is 18.2 Å². The summed E-state index contributed by atoms with van der Waals surface area (Å²) in [5, 5.41) is 2.73. The van der Waals surface area contributed by atoms with Crippen molar-refractivity contribution in [2.24, 2.45) is 11.8 Å². The Balaban J connectivity index is 1.76. The number of halogens is 3. The largest absolute Gasteiger partial charge is 0.416 e. The predicted molar refractivity (Wildman–Crippen MR) is 102 cm³/mol. The van der Waals surface area contributed by atoms with Crippen molar-refractivity contribution in [2.45, 2.75) is 26.4 Å². The quantitative estimate of drug-likeness (QED) is 0.842. The van der Waals surface area contributed by atoms with Crippen LogP contribution in [0.25, 0.3) is 0 Å². The number of nitrogens with zero attached hydrogens (tertiary/aromatic N) is 2. The smallest absolute Gasteiger partial charge is 0.378 e. The summed E-state index contributed by atoms with van der Waals surface area (Å²) in [5.41, 5.74) is 0.0462. The van der Waals surface area contributed by atoms with Crippen LogP contribution in [0.4, 0.5) is 24.5 Å². The highest BCUT2D eigenvalue weighted by atomic mass is 19.4. The van der Waals surface area contributed by atoms with Gasteiger partial charge in [0.15, 0.2) is 0 Å². The van der Waals surface area contributed by atoms with E-state index < -0.39 is 11.7 Å². The number of nitrogens with one attached hydrogen (secondary N) is 1. The first-order valence-electron chi connectivity index (χ1n) is 9.78. The summed E-state index contributed by atoms with van der Waals surface area (Å²) in [7, 11) is 0. The van der Waals surface area contributed by atoms with Gasteiger partial charge in [-0.3, -0.25) is 9.69 Å². The van der Waals surface area contributed by atoms with Crippen molar-refractivity contribution in [3.8, 4) is 0 Å². The number of rotatable bonds is 4. The summed E-state index contributed by atoms with van der Waals surface area (Å²) in [4.78, 5) is 16.6. The van der Waals surface area contributed by atoms with Crippen LogP contribution in [-0.2, 0) is 15.7 Å². The zero-order valence-electron chi connectivity index (χ0n) is 16.4. The van der Waals surface area contributed by atoms with E-state index in [1.165, 1.54) is 6.07 Å². The summed E-state index contributed by atoms with van der Waals surface area (Å²) in [6, 6.07) is 3.54. The maximum absolute atomic E-state index is 13.2. The molecule has 0 saturated carbocycles. The second kappa shape index (κ2) is 8.69. The van der Waals surface area contributed by atoms with Gasteiger partial charge >= 0.3 is 6.18 Å². The molecule has 0 bridgehead atoms. The van der Waals surface area contributed by atoms with E-state index in [-0.39, 0.29) is 18.1 Å². The molecule has 1 N–H and O–H groups in total. The van der Waals surface area contributed by atoms with Gasteiger partial charge in [-0.05, 0) is 36.5 Å². The van der Waals surface area contributed by atoms with Crippen molar-refractivity contribution in [3.05, 3.63) is 23.8 Å². The third kappa shape index (κ3) is 5.38. The van der Waals surface area contributed by atoms with Crippen molar-refractivity contribution in [2.75, 3.05) is 56.2 Å². The van der Waals surface area contributed by atoms with Crippen LogP contribution in [0.1, 0.15) is 25.8 Å². The molecule has 8 heteroatoms. The summed E-state index contributed by atoms with van der Waals surface area (Å²) < 4.78 is 44.9. The number of likely N-dealkylation sites (tertiary alicyclic amines) is 1. The van der Waals surface area contributed by atoms with E-state index in [4.69, 9.17) is 4.74 Å². The molecule has 156 valence electrons. The number of hydrogen-bond donors (Lipinski definition) is 1. The van der Waals surface area contributed by atoms with E-state index in [9.17, 15) is 18.0 Å². The van der Waals surface area contributed by atoms with Gasteiger partial charge in [0.1, 0.15) is 0 Å². The molecule has 2 unspecified atom stereocenters. The lowest BCUT2D eigenvalue weighted by Crippen LogP contribution is -2.43. The van der Waals surface area contributed by atoms with Gasteiger partial charge in [0.25, 0.3) is 0 Å². The lowest BCUT2D eigenvalue weighted by molar-refractivity contribution is -0.137. The van der Waals surface area contributed by atoms with Crippen LogP contribution in [-0.4, -0.2) is 56.7 Å². The van der Waals surface area contributed by atoms with E-state index in [2.05, 4.69) is 24.1 Å². The van der Waals surface area contributed by atoms with E-state index in [0.29, 0.717) is 43.8 Å². The fourth-order valence-electron chi connectivity index (χ4n) is 4.21. The van der Waals surface area contributed by atoms with Crippen molar-refractivity contribution in [1.82, 2.24) is 4.90 Å². The van der Waals surface area contributed by atoms with Gasteiger partial charge in [-0.15, -0.1) is 0 Å². The molecule has 28 heavy (non-hydrogen) atoms. The number of anilines is 2. The molecule has 2 aliphatic heterocycles. The fourth-order valence-corrected chi connectivity index (χ4v) is 4.21. The van der Waals surface area contributed by atoms with Gasteiger partial charge < -0.3 is 15.0 Å². The molecule has 0 radical (unpaired) electrons. The molecule has 0 spiro atoms. The average Bonchev–Trinajstić information content (AvgIpc) is 2.60. The first-order chi connectivity index (χ1) is 13.2. The lowest BCUT2D eigenvalue weighted by atomic mass is 9.92. The van der Waals surface area contributed by atoms with Crippen LogP contribution >= 0.6 is 0 Å². The molecular formula is C20H28F3N3O2.